The Hall–Kier alpha value is -3.12. The molecule has 1 N–H and O–H groups in total. The van der Waals surface area contributed by atoms with Crippen molar-refractivity contribution in [2.75, 3.05) is 18.5 Å². The molecule has 1 heterocycles. The van der Waals surface area contributed by atoms with Crippen molar-refractivity contribution in [3.05, 3.63) is 93.5 Å². The molecule has 0 atom stereocenters. The van der Waals surface area contributed by atoms with E-state index >= 15 is 0 Å². The van der Waals surface area contributed by atoms with E-state index < -0.39 is 0 Å². The van der Waals surface area contributed by atoms with Crippen LogP contribution in [0.5, 0.6) is 5.75 Å². The summed E-state index contributed by atoms with van der Waals surface area (Å²) in [6.07, 6.45) is 0.692. The number of anilines is 1. The number of halogens is 1. The minimum absolute atomic E-state index is 0.00779. The number of nitrogens with one attached hydrogen (secondary N) is 1. The smallest absolute Gasteiger partial charge is 0.262 e. The van der Waals surface area contributed by atoms with Crippen LogP contribution in [-0.2, 0) is 17.8 Å². The summed E-state index contributed by atoms with van der Waals surface area (Å²) >= 11 is 3.37. The summed E-state index contributed by atoms with van der Waals surface area (Å²) in [5, 5.41) is 2.81. The molecule has 0 fully saturated rings. The fourth-order valence-corrected chi connectivity index (χ4v) is 3.88. The van der Waals surface area contributed by atoms with Gasteiger partial charge >= 0.3 is 0 Å². The summed E-state index contributed by atoms with van der Waals surface area (Å²) in [5.74, 6) is 0.335. The van der Waals surface area contributed by atoms with E-state index in [4.69, 9.17) is 4.74 Å². The molecular weight excluding hydrogens is 456 g/mol. The highest BCUT2D eigenvalue weighted by Crippen LogP contribution is 2.29. The second-order valence-corrected chi connectivity index (χ2v) is 8.50. The molecule has 1 aliphatic rings. The molecule has 0 spiro atoms. The van der Waals surface area contributed by atoms with Crippen molar-refractivity contribution in [2.24, 2.45) is 0 Å². The highest BCUT2D eigenvalue weighted by atomic mass is 79.9. The lowest BCUT2D eigenvalue weighted by Crippen LogP contribution is -2.37. The van der Waals surface area contributed by atoms with Gasteiger partial charge in [-0.2, -0.15) is 0 Å². The largest absolute Gasteiger partial charge is 0.483 e. The molecule has 0 aromatic heterocycles. The Morgan fingerprint density at radius 1 is 1.06 bits per heavy atom. The first-order valence-corrected chi connectivity index (χ1v) is 10.9. The average Bonchev–Trinajstić information content (AvgIpc) is 2.77. The first kappa shape index (κ1) is 21.1. The number of ether oxygens (including phenoxy) is 1. The predicted molar refractivity (Wildman–Crippen MR) is 124 cm³/mol. The number of aryl methyl sites for hydroxylation is 1. The third kappa shape index (κ3) is 5.14. The Balaban J connectivity index is 1.41. The van der Waals surface area contributed by atoms with Crippen molar-refractivity contribution in [3.8, 4) is 5.75 Å². The van der Waals surface area contributed by atoms with Gasteiger partial charge in [0.05, 0.1) is 0 Å². The fraction of sp³-hybridized carbons (Fsp3) is 0.200. The minimum atomic E-state index is -0.247. The monoisotopic (exact) mass is 478 g/mol. The predicted octanol–water partition coefficient (Wildman–Crippen LogP) is 4.97. The van der Waals surface area contributed by atoms with E-state index in [0.717, 1.165) is 15.6 Å². The Kier molecular flexibility index (Phi) is 6.37. The maximum Gasteiger partial charge on any atom is 0.262 e. The zero-order valence-corrected chi connectivity index (χ0v) is 18.8. The molecule has 0 saturated carbocycles. The molecule has 3 aromatic rings. The van der Waals surface area contributed by atoms with Crippen LogP contribution < -0.4 is 10.1 Å². The number of hydrogen-bond donors (Lipinski definition) is 1. The number of rotatable bonds is 6. The quantitative estimate of drug-likeness (QED) is 0.543. The van der Waals surface area contributed by atoms with E-state index in [1.54, 1.807) is 6.07 Å². The zero-order chi connectivity index (χ0) is 21.8. The van der Waals surface area contributed by atoms with Crippen LogP contribution in [0.15, 0.2) is 71.2 Å². The fourth-order valence-electron chi connectivity index (χ4n) is 3.62. The standard InChI is InChI=1S/C25H23BrN2O3/c1-17-5-7-18(8-6-17)15-28-14-13-21-22(25(28)30)3-2-4-23(21)31-16-24(29)27-20-11-9-19(26)10-12-20/h2-12H,13-16H2,1H3,(H,27,29). The summed E-state index contributed by atoms with van der Waals surface area (Å²) in [6, 6.07) is 21.0. The summed E-state index contributed by atoms with van der Waals surface area (Å²) in [6.45, 7) is 3.13. The number of benzene rings is 3. The number of fused-ring (bicyclic) bond motifs is 1. The maximum absolute atomic E-state index is 13.0. The summed E-state index contributed by atoms with van der Waals surface area (Å²) in [7, 11) is 0. The highest BCUT2D eigenvalue weighted by molar-refractivity contribution is 9.10. The highest BCUT2D eigenvalue weighted by Gasteiger charge is 2.26. The Bertz CT molecular complexity index is 1090. The van der Waals surface area contributed by atoms with Crippen molar-refractivity contribution in [3.63, 3.8) is 0 Å². The summed E-state index contributed by atoms with van der Waals surface area (Å²) < 4.78 is 6.73. The number of hydrogen-bond acceptors (Lipinski definition) is 3. The van der Waals surface area contributed by atoms with Crippen LogP contribution >= 0.6 is 15.9 Å². The molecule has 31 heavy (non-hydrogen) atoms. The van der Waals surface area contributed by atoms with Gasteiger partial charge in [0.1, 0.15) is 5.75 Å². The molecule has 4 rings (SSSR count). The van der Waals surface area contributed by atoms with Gasteiger partial charge < -0.3 is 15.0 Å². The molecular formula is C25H23BrN2O3. The number of carbonyl (C=O) groups excluding carboxylic acids is 2. The van der Waals surface area contributed by atoms with E-state index in [1.165, 1.54) is 5.56 Å². The molecule has 2 amide bonds. The van der Waals surface area contributed by atoms with E-state index in [-0.39, 0.29) is 18.4 Å². The molecule has 6 heteroatoms. The van der Waals surface area contributed by atoms with E-state index in [9.17, 15) is 9.59 Å². The lowest BCUT2D eigenvalue weighted by molar-refractivity contribution is -0.118. The second kappa shape index (κ2) is 9.35. The van der Waals surface area contributed by atoms with E-state index in [2.05, 4.69) is 45.5 Å². The van der Waals surface area contributed by atoms with Gasteiger partial charge in [0.25, 0.3) is 11.8 Å². The molecule has 1 aliphatic heterocycles. The first-order chi connectivity index (χ1) is 15.0. The van der Waals surface area contributed by atoms with Crippen molar-refractivity contribution in [1.82, 2.24) is 4.90 Å². The third-order valence-corrected chi connectivity index (χ3v) is 5.79. The Morgan fingerprint density at radius 2 is 1.81 bits per heavy atom. The minimum Gasteiger partial charge on any atom is -0.483 e. The topological polar surface area (TPSA) is 58.6 Å². The number of carbonyl (C=O) groups is 2. The third-order valence-electron chi connectivity index (χ3n) is 5.26. The second-order valence-electron chi connectivity index (χ2n) is 7.59. The van der Waals surface area contributed by atoms with Crippen LogP contribution in [0.25, 0.3) is 0 Å². The maximum atomic E-state index is 13.0. The van der Waals surface area contributed by atoms with Crippen molar-refractivity contribution in [2.45, 2.75) is 19.9 Å². The van der Waals surface area contributed by atoms with Gasteiger partial charge in [-0.3, -0.25) is 9.59 Å². The van der Waals surface area contributed by atoms with Crippen molar-refractivity contribution in [1.29, 1.82) is 0 Å². The van der Waals surface area contributed by atoms with Gasteiger partial charge in [0.2, 0.25) is 0 Å². The molecule has 0 radical (unpaired) electrons. The van der Waals surface area contributed by atoms with Crippen molar-refractivity contribution < 1.29 is 14.3 Å². The SMILES string of the molecule is Cc1ccc(CN2CCc3c(OCC(=O)Nc4ccc(Br)cc4)cccc3C2=O)cc1. The summed E-state index contributed by atoms with van der Waals surface area (Å²) in [4.78, 5) is 27.2. The van der Waals surface area contributed by atoms with Gasteiger partial charge in [0.15, 0.2) is 6.61 Å². The molecule has 0 bridgehead atoms. The Labute approximate surface area is 190 Å². The molecule has 0 saturated heterocycles. The number of amides is 2. The molecule has 0 aliphatic carbocycles. The Morgan fingerprint density at radius 3 is 2.55 bits per heavy atom. The van der Waals surface area contributed by atoms with Crippen molar-refractivity contribution >= 4 is 33.4 Å². The van der Waals surface area contributed by atoms with Gasteiger partial charge in [0, 0.05) is 34.4 Å². The van der Waals surface area contributed by atoms with Crippen LogP contribution in [0.3, 0.4) is 0 Å². The summed E-state index contributed by atoms with van der Waals surface area (Å²) in [5.41, 5.74) is 4.52. The zero-order valence-electron chi connectivity index (χ0n) is 17.2. The van der Waals surface area contributed by atoms with E-state index in [0.29, 0.717) is 36.5 Å². The van der Waals surface area contributed by atoms with Crippen LogP contribution in [0.1, 0.15) is 27.0 Å². The van der Waals surface area contributed by atoms with Crippen LogP contribution in [0.4, 0.5) is 5.69 Å². The lowest BCUT2D eigenvalue weighted by Gasteiger charge is -2.29. The molecule has 3 aromatic carbocycles. The van der Waals surface area contributed by atoms with Gasteiger partial charge in [-0.1, -0.05) is 51.8 Å². The van der Waals surface area contributed by atoms with Crippen LogP contribution in [0.2, 0.25) is 0 Å². The van der Waals surface area contributed by atoms with Gasteiger partial charge in [-0.15, -0.1) is 0 Å². The lowest BCUT2D eigenvalue weighted by atomic mass is 9.97. The number of nitrogens with zero attached hydrogens (tertiary/aromatic N) is 1. The first-order valence-electron chi connectivity index (χ1n) is 10.1. The average molecular weight is 479 g/mol. The van der Waals surface area contributed by atoms with Crippen LogP contribution in [-0.4, -0.2) is 29.9 Å². The van der Waals surface area contributed by atoms with Gasteiger partial charge in [-0.25, -0.2) is 0 Å². The molecule has 0 unspecified atom stereocenters. The molecule has 5 nitrogen and oxygen atoms in total. The van der Waals surface area contributed by atoms with Gasteiger partial charge in [-0.05, 0) is 55.3 Å². The normalized spacial score (nSPS) is 13.0. The van der Waals surface area contributed by atoms with Crippen LogP contribution in [0, 0.1) is 6.92 Å². The molecule has 158 valence electrons. The van der Waals surface area contributed by atoms with E-state index in [1.807, 2.05) is 48.2 Å².